The molecule has 0 radical (unpaired) electrons. The molecule has 2 N–H and O–H groups in total. The Bertz CT molecular complexity index is 152. The van der Waals surface area contributed by atoms with Crippen LogP contribution >= 0.6 is 0 Å². The van der Waals surface area contributed by atoms with E-state index in [0.717, 1.165) is 5.92 Å². The first-order valence-corrected chi connectivity index (χ1v) is 4.86. The number of allylic oxidation sites excluding steroid dienone is 2. The Labute approximate surface area is 73.8 Å². The third kappa shape index (κ3) is 2.32. The largest absolute Gasteiger partial charge is 0.255 e. The summed E-state index contributed by atoms with van der Waals surface area (Å²) >= 11 is 0. The van der Waals surface area contributed by atoms with Crippen LogP contribution < -0.4 is 0 Å². The van der Waals surface area contributed by atoms with Gasteiger partial charge in [-0.2, -0.15) is 0 Å². The van der Waals surface area contributed by atoms with Crippen LogP contribution in [0.2, 0.25) is 0 Å². The molecule has 1 unspecified atom stereocenters. The second-order valence-electron chi connectivity index (χ2n) is 3.65. The summed E-state index contributed by atoms with van der Waals surface area (Å²) < 4.78 is 0. The molecular formula is C10H18O2. The summed E-state index contributed by atoms with van der Waals surface area (Å²) in [6.07, 6.45) is 12.7. The summed E-state index contributed by atoms with van der Waals surface area (Å²) in [5.74, 6) is 1.02. The van der Waals surface area contributed by atoms with Crippen LogP contribution in [0.25, 0.3) is 0 Å². The van der Waals surface area contributed by atoms with E-state index in [1.807, 2.05) is 0 Å². The Morgan fingerprint density at radius 3 is 2.58 bits per heavy atom. The molecule has 1 atom stereocenters. The zero-order chi connectivity index (χ0) is 8.81. The van der Waals surface area contributed by atoms with Gasteiger partial charge >= 0.3 is 0 Å². The normalized spacial score (nSPS) is 27.8. The third-order valence-electron chi connectivity index (χ3n) is 2.96. The summed E-state index contributed by atoms with van der Waals surface area (Å²) in [6.45, 7) is 0. The maximum atomic E-state index is 6.00. The van der Waals surface area contributed by atoms with Crippen LogP contribution in [0.15, 0.2) is 11.6 Å². The zero-order valence-corrected chi connectivity index (χ0v) is 7.50. The van der Waals surface area contributed by atoms with Gasteiger partial charge in [0.25, 0.3) is 0 Å². The molecule has 1 saturated carbocycles. The minimum Gasteiger partial charge on any atom is -0.255 e. The van der Waals surface area contributed by atoms with Crippen molar-refractivity contribution in [2.75, 3.05) is 0 Å². The van der Waals surface area contributed by atoms with Crippen LogP contribution in [0.5, 0.6) is 0 Å². The number of fused-ring (bicyclic) bond motifs is 1. The quantitative estimate of drug-likeness (QED) is 0.332. The van der Waals surface area contributed by atoms with Crippen LogP contribution in [0, 0.1) is 5.92 Å². The van der Waals surface area contributed by atoms with Gasteiger partial charge in [0, 0.05) is 0 Å². The molecule has 1 fully saturated rings. The van der Waals surface area contributed by atoms with Gasteiger partial charge in [0.2, 0.25) is 0 Å². The second kappa shape index (κ2) is 5.33. The fourth-order valence-electron chi connectivity index (χ4n) is 2.36. The van der Waals surface area contributed by atoms with Crippen molar-refractivity contribution in [2.24, 2.45) is 5.92 Å². The minimum atomic E-state index is 1.02. The maximum Gasteiger partial charge on any atom is -0.0203 e. The molecule has 2 aliphatic rings. The summed E-state index contributed by atoms with van der Waals surface area (Å²) in [5.41, 5.74) is 1.80. The lowest BCUT2D eigenvalue weighted by molar-refractivity contribution is -0.176. The van der Waals surface area contributed by atoms with Gasteiger partial charge in [0.15, 0.2) is 0 Å². The highest BCUT2D eigenvalue weighted by Crippen LogP contribution is 2.36. The molecule has 0 aromatic carbocycles. The van der Waals surface area contributed by atoms with Crippen molar-refractivity contribution in [2.45, 2.75) is 44.9 Å². The van der Waals surface area contributed by atoms with Gasteiger partial charge in [-0.1, -0.05) is 18.1 Å². The Morgan fingerprint density at radius 2 is 1.83 bits per heavy atom. The molecular weight excluding hydrogens is 152 g/mol. The van der Waals surface area contributed by atoms with E-state index in [-0.39, 0.29) is 0 Å². The van der Waals surface area contributed by atoms with Gasteiger partial charge in [-0.15, -0.1) is 0 Å². The predicted molar refractivity (Wildman–Crippen MR) is 49.1 cm³/mol. The summed E-state index contributed by atoms with van der Waals surface area (Å²) in [7, 11) is 0. The molecule has 0 aromatic heterocycles. The minimum absolute atomic E-state index is 1.02. The monoisotopic (exact) mass is 170 g/mol. The van der Waals surface area contributed by atoms with Crippen LogP contribution in [0.3, 0.4) is 0 Å². The molecule has 2 nitrogen and oxygen atoms in total. The highest BCUT2D eigenvalue weighted by molar-refractivity contribution is 5.11. The van der Waals surface area contributed by atoms with E-state index in [1.165, 1.54) is 44.9 Å². The van der Waals surface area contributed by atoms with E-state index in [0.29, 0.717) is 0 Å². The summed E-state index contributed by atoms with van der Waals surface area (Å²) in [5, 5.41) is 12.0. The molecule has 12 heavy (non-hydrogen) atoms. The zero-order valence-electron chi connectivity index (χ0n) is 7.50. The first-order valence-electron chi connectivity index (χ1n) is 4.86. The molecule has 2 rings (SSSR count). The fraction of sp³-hybridized carbons (Fsp3) is 0.800. The van der Waals surface area contributed by atoms with E-state index >= 15 is 0 Å². The van der Waals surface area contributed by atoms with E-state index in [1.54, 1.807) is 5.57 Å². The average Bonchev–Trinajstić information content (AvgIpc) is 2.21. The van der Waals surface area contributed by atoms with Gasteiger partial charge < -0.3 is 0 Å². The molecule has 0 amide bonds. The lowest BCUT2D eigenvalue weighted by Crippen LogP contribution is -2.12. The molecule has 0 saturated heterocycles. The van der Waals surface area contributed by atoms with Crippen LogP contribution in [-0.4, -0.2) is 10.5 Å². The average molecular weight is 170 g/mol. The molecule has 2 heteroatoms. The Kier molecular flexibility index (Phi) is 4.33. The third-order valence-corrected chi connectivity index (χ3v) is 2.96. The van der Waals surface area contributed by atoms with Crippen molar-refractivity contribution in [3.8, 4) is 0 Å². The van der Waals surface area contributed by atoms with Gasteiger partial charge in [0.1, 0.15) is 0 Å². The van der Waals surface area contributed by atoms with Gasteiger partial charge in [-0.25, -0.2) is 0 Å². The predicted octanol–water partition coefficient (Wildman–Crippen LogP) is 3.30. The van der Waals surface area contributed by atoms with Crippen molar-refractivity contribution >= 4 is 0 Å². The topological polar surface area (TPSA) is 40.5 Å². The van der Waals surface area contributed by atoms with Crippen LogP contribution in [-0.2, 0) is 0 Å². The molecule has 0 aliphatic heterocycles. The summed E-state index contributed by atoms with van der Waals surface area (Å²) in [6, 6.07) is 0. The smallest absolute Gasteiger partial charge is 0.0203 e. The Morgan fingerprint density at radius 1 is 1.08 bits per heavy atom. The number of hydrogen-bond acceptors (Lipinski definition) is 2. The molecule has 0 heterocycles. The molecule has 0 spiro atoms. The first-order chi connectivity index (χ1) is 5.97. The number of hydrogen-bond donors (Lipinski definition) is 2. The number of rotatable bonds is 0. The second-order valence-corrected chi connectivity index (χ2v) is 3.65. The SMILES string of the molecule is C1=C2CCCCC2CCC1.OO. The van der Waals surface area contributed by atoms with Gasteiger partial charge in [0.05, 0.1) is 0 Å². The standard InChI is InChI=1S/C10H16.H2O2/c1-2-6-10-8-4-3-7-9(10)5-1;1-2/h5,10H,1-4,6-8H2;1-2H. The van der Waals surface area contributed by atoms with E-state index in [9.17, 15) is 0 Å². The van der Waals surface area contributed by atoms with E-state index in [2.05, 4.69) is 6.08 Å². The Balaban J connectivity index is 0.000000336. The highest BCUT2D eigenvalue weighted by Gasteiger charge is 2.20. The van der Waals surface area contributed by atoms with Crippen LogP contribution in [0.4, 0.5) is 0 Å². The van der Waals surface area contributed by atoms with Crippen molar-refractivity contribution in [1.29, 1.82) is 0 Å². The van der Waals surface area contributed by atoms with Crippen molar-refractivity contribution in [1.82, 2.24) is 0 Å². The summed E-state index contributed by atoms with van der Waals surface area (Å²) in [4.78, 5) is 0. The highest BCUT2D eigenvalue weighted by atomic mass is 17.0. The van der Waals surface area contributed by atoms with E-state index in [4.69, 9.17) is 10.5 Å². The molecule has 0 aromatic rings. The molecule has 0 bridgehead atoms. The van der Waals surface area contributed by atoms with Crippen molar-refractivity contribution in [3.05, 3.63) is 11.6 Å². The van der Waals surface area contributed by atoms with Gasteiger partial charge in [-0.3, -0.25) is 10.5 Å². The molecule has 2 aliphatic carbocycles. The maximum absolute atomic E-state index is 6.00. The van der Waals surface area contributed by atoms with Gasteiger partial charge in [-0.05, 0) is 44.4 Å². The van der Waals surface area contributed by atoms with Crippen LogP contribution in [0.1, 0.15) is 44.9 Å². The Hall–Kier alpha value is -0.340. The van der Waals surface area contributed by atoms with Crippen molar-refractivity contribution < 1.29 is 10.5 Å². The van der Waals surface area contributed by atoms with Crippen molar-refractivity contribution in [3.63, 3.8) is 0 Å². The first kappa shape index (κ1) is 9.75. The molecule has 70 valence electrons. The fourth-order valence-corrected chi connectivity index (χ4v) is 2.36. The lowest BCUT2D eigenvalue weighted by Gasteiger charge is -2.28. The van der Waals surface area contributed by atoms with E-state index < -0.39 is 0 Å². The lowest BCUT2D eigenvalue weighted by atomic mass is 9.78.